The molecule has 1 aliphatic rings. The molecule has 0 amide bonds. The molecule has 0 fully saturated rings. The van der Waals surface area contributed by atoms with E-state index in [1.165, 1.54) is 28.7 Å². The third-order valence-corrected chi connectivity index (χ3v) is 4.39. The van der Waals surface area contributed by atoms with Crippen LogP contribution in [0.3, 0.4) is 0 Å². The van der Waals surface area contributed by atoms with Gasteiger partial charge in [-0.2, -0.15) is 0 Å². The number of fused-ring (bicyclic) bond motifs is 1. The van der Waals surface area contributed by atoms with Crippen LogP contribution in [-0.2, 0) is 12.8 Å². The van der Waals surface area contributed by atoms with Crippen molar-refractivity contribution in [2.75, 3.05) is 6.54 Å². The fraction of sp³-hybridized carbons (Fsp3) is 0.368. The van der Waals surface area contributed by atoms with E-state index >= 15 is 0 Å². The summed E-state index contributed by atoms with van der Waals surface area (Å²) in [6.45, 7) is 5.38. The van der Waals surface area contributed by atoms with Crippen molar-refractivity contribution in [3.8, 4) is 0 Å². The summed E-state index contributed by atoms with van der Waals surface area (Å²) in [7, 11) is 0. The molecule has 0 saturated heterocycles. The highest BCUT2D eigenvalue weighted by molar-refractivity contribution is 5.36. The molecule has 0 spiro atoms. The van der Waals surface area contributed by atoms with Crippen molar-refractivity contribution in [2.24, 2.45) is 5.92 Å². The maximum absolute atomic E-state index is 3.68. The van der Waals surface area contributed by atoms with E-state index in [2.05, 4.69) is 67.7 Å². The predicted octanol–water partition coefficient (Wildman–Crippen LogP) is 4.06. The summed E-state index contributed by atoms with van der Waals surface area (Å²) in [4.78, 5) is 0. The number of nitrogens with one attached hydrogen (secondary N) is 1. The lowest BCUT2D eigenvalue weighted by Crippen LogP contribution is -2.26. The Balaban J connectivity index is 1.81. The van der Waals surface area contributed by atoms with E-state index in [0.717, 1.165) is 13.0 Å². The summed E-state index contributed by atoms with van der Waals surface area (Å²) in [5.74, 6) is 0.676. The normalized spacial score (nSPS) is 20.9. The smallest absolute Gasteiger partial charge is 0.0357 e. The van der Waals surface area contributed by atoms with E-state index in [0.29, 0.717) is 12.0 Å². The highest BCUT2D eigenvalue weighted by Gasteiger charge is 2.31. The number of benzene rings is 2. The first kappa shape index (κ1) is 13.4. The third-order valence-electron chi connectivity index (χ3n) is 4.39. The molecule has 2 unspecified atom stereocenters. The fourth-order valence-corrected chi connectivity index (χ4v) is 3.39. The Bertz CT molecular complexity index is 571. The SMILES string of the molecule is CCNC1c2ccccc2CC1Cc1ccc(C)cc1. The van der Waals surface area contributed by atoms with Crippen LogP contribution in [0.25, 0.3) is 0 Å². The second-order valence-electron chi connectivity index (χ2n) is 5.89. The van der Waals surface area contributed by atoms with Gasteiger partial charge >= 0.3 is 0 Å². The Morgan fingerprint density at radius 2 is 1.80 bits per heavy atom. The van der Waals surface area contributed by atoms with Crippen LogP contribution in [0.2, 0.25) is 0 Å². The van der Waals surface area contributed by atoms with Crippen molar-refractivity contribution in [1.29, 1.82) is 0 Å². The zero-order valence-corrected chi connectivity index (χ0v) is 12.4. The van der Waals surface area contributed by atoms with Crippen molar-refractivity contribution in [2.45, 2.75) is 32.7 Å². The second kappa shape index (κ2) is 5.80. The van der Waals surface area contributed by atoms with Gasteiger partial charge in [0.15, 0.2) is 0 Å². The monoisotopic (exact) mass is 265 g/mol. The summed E-state index contributed by atoms with van der Waals surface area (Å²) in [5.41, 5.74) is 5.82. The molecule has 0 heterocycles. The van der Waals surface area contributed by atoms with Crippen molar-refractivity contribution in [3.05, 3.63) is 70.8 Å². The van der Waals surface area contributed by atoms with E-state index in [1.54, 1.807) is 0 Å². The van der Waals surface area contributed by atoms with Crippen LogP contribution in [-0.4, -0.2) is 6.54 Å². The van der Waals surface area contributed by atoms with E-state index in [-0.39, 0.29) is 0 Å². The molecule has 0 radical (unpaired) electrons. The average molecular weight is 265 g/mol. The summed E-state index contributed by atoms with van der Waals surface area (Å²) < 4.78 is 0. The van der Waals surface area contributed by atoms with Crippen LogP contribution >= 0.6 is 0 Å². The first-order valence-corrected chi connectivity index (χ1v) is 7.64. The fourth-order valence-electron chi connectivity index (χ4n) is 3.39. The molecule has 0 saturated carbocycles. The molecule has 1 aliphatic carbocycles. The zero-order valence-electron chi connectivity index (χ0n) is 12.4. The Labute approximate surface area is 122 Å². The van der Waals surface area contributed by atoms with Crippen LogP contribution in [0.5, 0.6) is 0 Å². The molecule has 104 valence electrons. The molecule has 3 rings (SSSR count). The lowest BCUT2D eigenvalue weighted by molar-refractivity contribution is 0.394. The number of rotatable bonds is 4. The second-order valence-corrected chi connectivity index (χ2v) is 5.89. The van der Waals surface area contributed by atoms with Gasteiger partial charge in [-0.15, -0.1) is 0 Å². The number of hydrogen-bond acceptors (Lipinski definition) is 1. The van der Waals surface area contributed by atoms with Gasteiger partial charge in [0.2, 0.25) is 0 Å². The van der Waals surface area contributed by atoms with Crippen LogP contribution in [0, 0.1) is 12.8 Å². The molecule has 0 bridgehead atoms. The van der Waals surface area contributed by atoms with Crippen molar-refractivity contribution >= 4 is 0 Å². The Morgan fingerprint density at radius 1 is 1.05 bits per heavy atom. The first-order chi connectivity index (χ1) is 9.78. The van der Waals surface area contributed by atoms with Gasteiger partial charge in [0.1, 0.15) is 0 Å². The molecule has 0 aliphatic heterocycles. The van der Waals surface area contributed by atoms with Crippen molar-refractivity contribution in [3.63, 3.8) is 0 Å². The number of aryl methyl sites for hydroxylation is 1. The predicted molar refractivity (Wildman–Crippen MR) is 84.9 cm³/mol. The van der Waals surface area contributed by atoms with Gasteiger partial charge in [-0.3, -0.25) is 0 Å². The van der Waals surface area contributed by atoms with Crippen molar-refractivity contribution < 1.29 is 0 Å². The van der Waals surface area contributed by atoms with Crippen molar-refractivity contribution in [1.82, 2.24) is 5.32 Å². The zero-order chi connectivity index (χ0) is 13.9. The highest BCUT2D eigenvalue weighted by atomic mass is 14.9. The highest BCUT2D eigenvalue weighted by Crippen LogP contribution is 2.37. The van der Waals surface area contributed by atoms with Crippen LogP contribution in [0.4, 0.5) is 0 Å². The van der Waals surface area contributed by atoms with Crippen LogP contribution < -0.4 is 5.32 Å². The number of hydrogen-bond donors (Lipinski definition) is 1. The molecule has 1 N–H and O–H groups in total. The third kappa shape index (κ3) is 2.64. The van der Waals surface area contributed by atoms with E-state index in [1.807, 2.05) is 0 Å². The average Bonchev–Trinajstić information content (AvgIpc) is 2.80. The lowest BCUT2D eigenvalue weighted by Gasteiger charge is -2.21. The van der Waals surface area contributed by atoms with Gasteiger partial charge in [-0.05, 0) is 48.9 Å². The molecule has 1 heteroatoms. The van der Waals surface area contributed by atoms with Gasteiger partial charge in [-0.25, -0.2) is 0 Å². The maximum atomic E-state index is 3.68. The first-order valence-electron chi connectivity index (χ1n) is 7.64. The van der Waals surface area contributed by atoms with Crippen LogP contribution in [0.1, 0.15) is 35.2 Å². The standard InChI is InChI=1S/C19H23N/c1-3-20-19-17(12-15-10-8-14(2)9-11-15)13-16-6-4-5-7-18(16)19/h4-11,17,19-20H,3,12-13H2,1-2H3. The minimum Gasteiger partial charge on any atom is -0.310 e. The summed E-state index contributed by atoms with van der Waals surface area (Å²) in [5, 5.41) is 3.68. The van der Waals surface area contributed by atoms with E-state index in [9.17, 15) is 0 Å². The summed E-state index contributed by atoms with van der Waals surface area (Å²) >= 11 is 0. The topological polar surface area (TPSA) is 12.0 Å². The summed E-state index contributed by atoms with van der Waals surface area (Å²) in [6, 6.07) is 18.4. The Morgan fingerprint density at radius 3 is 2.55 bits per heavy atom. The molecule has 2 aromatic carbocycles. The molecule has 1 nitrogen and oxygen atoms in total. The lowest BCUT2D eigenvalue weighted by atomic mass is 9.92. The van der Waals surface area contributed by atoms with Gasteiger partial charge in [0.25, 0.3) is 0 Å². The molecule has 20 heavy (non-hydrogen) atoms. The minimum atomic E-state index is 0.512. The van der Waals surface area contributed by atoms with E-state index < -0.39 is 0 Å². The molecule has 0 aromatic heterocycles. The van der Waals surface area contributed by atoms with Gasteiger partial charge in [0, 0.05) is 6.04 Å². The molecule has 2 aromatic rings. The Hall–Kier alpha value is -1.60. The van der Waals surface area contributed by atoms with Gasteiger partial charge in [0.05, 0.1) is 0 Å². The van der Waals surface area contributed by atoms with Gasteiger partial charge < -0.3 is 5.32 Å². The minimum absolute atomic E-state index is 0.512. The van der Waals surface area contributed by atoms with Crippen LogP contribution in [0.15, 0.2) is 48.5 Å². The summed E-state index contributed by atoms with van der Waals surface area (Å²) in [6.07, 6.45) is 2.36. The molecule has 2 atom stereocenters. The Kier molecular flexibility index (Phi) is 3.88. The van der Waals surface area contributed by atoms with E-state index in [4.69, 9.17) is 0 Å². The maximum Gasteiger partial charge on any atom is 0.0357 e. The quantitative estimate of drug-likeness (QED) is 0.879. The molecular formula is C19H23N. The van der Waals surface area contributed by atoms with Gasteiger partial charge in [-0.1, -0.05) is 61.0 Å². The molecular weight excluding hydrogens is 242 g/mol. The largest absolute Gasteiger partial charge is 0.310 e.